The molecule has 0 saturated heterocycles. The van der Waals surface area contributed by atoms with Gasteiger partial charge in [0.1, 0.15) is 0 Å². The molecule has 1 fully saturated rings. The molecule has 98 valence electrons. The molecule has 1 aliphatic carbocycles. The molecule has 1 amide bonds. The molecule has 1 aromatic rings. The van der Waals surface area contributed by atoms with Gasteiger partial charge >= 0.3 is 0 Å². The van der Waals surface area contributed by atoms with Gasteiger partial charge in [0.05, 0.1) is 5.69 Å². The van der Waals surface area contributed by atoms with E-state index in [4.69, 9.17) is 5.84 Å². The first kappa shape index (κ1) is 13.1. The predicted octanol–water partition coefficient (Wildman–Crippen LogP) is 2.99. The number of nitrogens with two attached hydrogens (primary N) is 1. The van der Waals surface area contributed by atoms with E-state index in [0.717, 1.165) is 24.9 Å². The molecule has 0 unspecified atom stereocenters. The van der Waals surface area contributed by atoms with Crippen molar-refractivity contribution in [1.82, 2.24) is 0 Å². The Morgan fingerprint density at radius 1 is 1.22 bits per heavy atom. The van der Waals surface area contributed by atoms with Gasteiger partial charge in [-0.15, -0.1) is 0 Å². The van der Waals surface area contributed by atoms with E-state index >= 15 is 0 Å². The summed E-state index contributed by atoms with van der Waals surface area (Å²) >= 11 is 0. The molecule has 1 aromatic carbocycles. The van der Waals surface area contributed by atoms with Crippen LogP contribution in [-0.4, -0.2) is 5.91 Å². The normalized spacial score (nSPS) is 16.2. The largest absolute Gasteiger partial charge is 0.273 e. The monoisotopic (exact) mass is 246 g/mol. The zero-order valence-electron chi connectivity index (χ0n) is 11.4. The van der Waals surface area contributed by atoms with Crippen LogP contribution in [0.4, 0.5) is 5.69 Å². The van der Waals surface area contributed by atoms with E-state index in [1.807, 2.05) is 24.3 Å². The fourth-order valence-electron chi connectivity index (χ4n) is 2.10. The molecule has 0 aromatic heterocycles. The second kappa shape index (κ2) is 4.73. The summed E-state index contributed by atoms with van der Waals surface area (Å²) < 4.78 is 0. The number of rotatable bonds is 2. The third-order valence-corrected chi connectivity index (χ3v) is 3.70. The lowest BCUT2D eigenvalue weighted by atomic mass is 9.84. The van der Waals surface area contributed by atoms with Crippen LogP contribution in [0.25, 0.3) is 0 Å². The molecule has 3 nitrogen and oxygen atoms in total. The predicted molar refractivity (Wildman–Crippen MR) is 74.2 cm³/mol. The first-order valence-electron chi connectivity index (χ1n) is 6.59. The van der Waals surface area contributed by atoms with Gasteiger partial charge in [0.15, 0.2) is 0 Å². The van der Waals surface area contributed by atoms with Gasteiger partial charge < -0.3 is 0 Å². The SMILES string of the molecule is CC(C)(C)c1ccc(N(N)C(=O)C2CCC2)cc1. The second-order valence-corrected chi connectivity index (χ2v) is 6.13. The molecule has 3 heteroatoms. The highest BCUT2D eigenvalue weighted by atomic mass is 16.2. The summed E-state index contributed by atoms with van der Waals surface area (Å²) in [5.74, 6) is 6.07. The van der Waals surface area contributed by atoms with E-state index in [1.165, 1.54) is 10.6 Å². The average molecular weight is 246 g/mol. The molecule has 0 radical (unpaired) electrons. The van der Waals surface area contributed by atoms with Gasteiger partial charge in [-0.05, 0) is 36.0 Å². The molecule has 1 saturated carbocycles. The zero-order valence-corrected chi connectivity index (χ0v) is 11.4. The van der Waals surface area contributed by atoms with Crippen LogP contribution in [0.2, 0.25) is 0 Å². The number of hydrogen-bond donors (Lipinski definition) is 1. The number of carbonyl (C=O) groups excluding carboxylic acids is 1. The smallest absolute Gasteiger partial charge is 0.244 e. The minimum Gasteiger partial charge on any atom is -0.273 e. The topological polar surface area (TPSA) is 46.3 Å². The Bertz CT molecular complexity index is 427. The fourth-order valence-corrected chi connectivity index (χ4v) is 2.10. The molecule has 18 heavy (non-hydrogen) atoms. The van der Waals surface area contributed by atoms with Gasteiger partial charge in [0.25, 0.3) is 0 Å². The van der Waals surface area contributed by atoms with Crippen LogP contribution in [0.3, 0.4) is 0 Å². The maximum Gasteiger partial charge on any atom is 0.244 e. The van der Waals surface area contributed by atoms with Crippen molar-refractivity contribution < 1.29 is 4.79 Å². The number of anilines is 1. The Labute approximate surface area is 109 Å². The van der Waals surface area contributed by atoms with Gasteiger partial charge in [0.2, 0.25) is 5.91 Å². The Kier molecular flexibility index (Phi) is 3.44. The number of carbonyl (C=O) groups is 1. The quantitative estimate of drug-likeness (QED) is 0.495. The minimum atomic E-state index is 0.0461. The third-order valence-electron chi connectivity index (χ3n) is 3.70. The zero-order chi connectivity index (χ0) is 13.3. The van der Waals surface area contributed by atoms with E-state index in [0.29, 0.717) is 0 Å². The first-order chi connectivity index (χ1) is 8.39. The van der Waals surface area contributed by atoms with Gasteiger partial charge in [-0.2, -0.15) is 0 Å². The van der Waals surface area contributed by atoms with Crippen LogP contribution in [-0.2, 0) is 10.2 Å². The maximum atomic E-state index is 12.0. The lowest BCUT2D eigenvalue weighted by Crippen LogP contribution is -2.43. The molecular weight excluding hydrogens is 224 g/mol. The van der Waals surface area contributed by atoms with E-state index in [1.54, 1.807) is 0 Å². The molecule has 0 spiro atoms. The standard InChI is InChI=1S/C15H22N2O/c1-15(2,3)12-7-9-13(10-8-12)17(16)14(18)11-5-4-6-11/h7-11H,4-6,16H2,1-3H3. The van der Waals surface area contributed by atoms with E-state index in [-0.39, 0.29) is 17.2 Å². The highest BCUT2D eigenvalue weighted by Gasteiger charge is 2.29. The number of amides is 1. The summed E-state index contributed by atoms with van der Waals surface area (Å²) in [4.78, 5) is 12.0. The van der Waals surface area contributed by atoms with Crippen molar-refractivity contribution in [3.63, 3.8) is 0 Å². The molecule has 0 heterocycles. The van der Waals surface area contributed by atoms with Crippen LogP contribution >= 0.6 is 0 Å². The highest BCUT2D eigenvalue weighted by Crippen LogP contribution is 2.30. The van der Waals surface area contributed by atoms with Gasteiger partial charge in [0, 0.05) is 5.92 Å². The van der Waals surface area contributed by atoms with E-state index in [9.17, 15) is 4.79 Å². The van der Waals surface area contributed by atoms with Crippen LogP contribution in [0.5, 0.6) is 0 Å². The van der Waals surface area contributed by atoms with Crippen molar-refractivity contribution >= 4 is 11.6 Å². The van der Waals surface area contributed by atoms with E-state index < -0.39 is 0 Å². The molecule has 1 aliphatic rings. The fraction of sp³-hybridized carbons (Fsp3) is 0.533. The van der Waals surface area contributed by atoms with Gasteiger partial charge in [-0.3, -0.25) is 4.79 Å². The lowest BCUT2D eigenvalue weighted by Gasteiger charge is -2.29. The Morgan fingerprint density at radius 3 is 2.17 bits per heavy atom. The minimum absolute atomic E-state index is 0.0461. The average Bonchev–Trinajstić information content (AvgIpc) is 2.24. The molecular formula is C15H22N2O. The summed E-state index contributed by atoms with van der Waals surface area (Å²) in [7, 11) is 0. The van der Waals surface area contributed by atoms with Crippen molar-refractivity contribution in [2.45, 2.75) is 45.4 Å². The molecule has 0 aliphatic heterocycles. The summed E-state index contributed by atoms with van der Waals surface area (Å²) in [6, 6.07) is 7.95. The van der Waals surface area contributed by atoms with Crippen molar-refractivity contribution in [2.24, 2.45) is 11.8 Å². The second-order valence-electron chi connectivity index (χ2n) is 6.13. The third kappa shape index (κ3) is 2.56. The summed E-state index contributed by atoms with van der Waals surface area (Å²) in [6.45, 7) is 6.51. The number of hydrogen-bond acceptors (Lipinski definition) is 2. The van der Waals surface area contributed by atoms with Crippen molar-refractivity contribution in [2.75, 3.05) is 5.01 Å². The summed E-state index contributed by atoms with van der Waals surface area (Å²) in [6.07, 6.45) is 3.10. The van der Waals surface area contributed by atoms with E-state index in [2.05, 4.69) is 20.8 Å². The number of hydrazine groups is 1. The maximum absolute atomic E-state index is 12.0. The van der Waals surface area contributed by atoms with Gasteiger partial charge in [-0.1, -0.05) is 39.3 Å². The Morgan fingerprint density at radius 2 is 1.78 bits per heavy atom. The van der Waals surface area contributed by atoms with Crippen molar-refractivity contribution in [3.8, 4) is 0 Å². The first-order valence-corrected chi connectivity index (χ1v) is 6.59. The Balaban J connectivity index is 2.11. The number of nitrogens with zero attached hydrogens (tertiary/aromatic N) is 1. The van der Waals surface area contributed by atoms with Crippen molar-refractivity contribution in [3.05, 3.63) is 29.8 Å². The van der Waals surface area contributed by atoms with Gasteiger partial charge in [-0.25, -0.2) is 10.9 Å². The van der Waals surface area contributed by atoms with Crippen LogP contribution in [0.1, 0.15) is 45.6 Å². The van der Waals surface area contributed by atoms with Crippen LogP contribution < -0.4 is 10.9 Å². The molecule has 2 rings (SSSR count). The van der Waals surface area contributed by atoms with Crippen molar-refractivity contribution in [1.29, 1.82) is 0 Å². The van der Waals surface area contributed by atoms with Crippen LogP contribution in [0.15, 0.2) is 24.3 Å². The summed E-state index contributed by atoms with van der Waals surface area (Å²) in [5, 5.41) is 1.30. The van der Waals surface area contributed by atoms with Crippen LogP contribution in [0, 0.1) is 5.92 Å². The highest BCUT2D eigenvalue weighted by molar-refractivity contribution is 5.94. The molecule has 2 N–H and O–H groups in total. The Hall–Kier alpha value is -1.35. The molecule has 0 atom stereocenters. The lowest BCUT2D eigenvalue weighted by molar-refractivity contribution is -0.124. The molecule has 0 bridgehead atoms. The number of benzene rings is 1. The summed E-state index contributed by atoms with van der Waals surface area (Å²) in [5.41, 5.74) is 2.14.